The summed E-state index contributed by atoms with van der Waals surface area (Å²) in [5.41, 5.74) is 6.89. The van der Waals surface area contributed by atoms with Crippen molar-refractivity contribution < 1.29 is 4.79 Å². The molecule has 0 bridgehead atoms. The van der Waals surface area contributed by atoms with Crippen LogP contribution in [0.1, 0.15) is 25.3 Å². The second-order valence-electron chi connectivity index (χ2n) is 5.47. The summed E-state index contributed by atoms with van der Waals surface area (Å²) in [5.74, 6) is -0.0450. The molecule has 1 heterocycles. The number of carbonyl (C=O) groups excluding carboxylic acids is 1. The quantitative estimate of drug-likeness (QED) is 0.799. The van der Waals surface area contributed by atoms with Gasteiger partial charge in [-0.15, -0.1) is 24.8 Å². The van der Waals surface area contributed by atoms with E-state index in [1.54, 1.807) is 6.92 Å². The Labute approximate surface area is 153 Å². The molecule has 1 aromatic rings. The standard InChI is InChI=1S/C15H22BrN3O.2ClH/c1-11(17)15(20)18-14-6-8-19(9-7-14)10-12-2-4-13(16)5-3-12;;/h2-5,11,14H,6-10,17H2,1H3,(H,18,20);2*1H/t11-;;/m1../s1. The Balaban J connectivity index is 0.00000220. The Morgan fingerprint density at radius 3 is 2.36 bits per heavy atom. The van der Waals surface area contributed by atoms with Crippen LogP contribution < -0.4 is 11.1 Å². The summed E-state index contributed by atoms with van der Waals surface area (Å²) in [6, 6.07) is 8.29. The normalized spacial score (nSPS) is 17.0. The molecule has 1 atom stereocenters. The number of rotatable bonds is 4. The minimum absolute atomic E-state index is 0. The summed E-state index contributed by atoms with van der Waals surface area (Å²) in [6.45, 7) is 4.72. The highest BCUT2D eigenvalue weighted by Crippen LogP contribution is 2.16. The number of halogens is 3. The third kappa shape index (κ3) is 6.84. The van der Waals surface area contributed by atoms with Crippen molar-refractivity contribution in [3.63, 3.8) is 0 Å². The Morgan fingerprint density at radius 2 is 1.86 bits per heavy atom. The minimum Gasteiger partial charge on any atom is -0.352 e. The van der Waals surface area contributed by atoms with E-state index in [1.807, 2.05) is 0 Å². The molecule has 1 fully saturated rings. The lowest BCUT2D eigenvalue weighted by molar-refractivity contribution is -0.123. The first-order chi connectivity index (χ1) is 9.54. The molecule has 2 rings (SSSR count). The maximum absolute atomic E-state index is 11.6. The van der Waals surface area contributed by atoms with Crippen molar-refractivity contribution in [3.05, 3.63) is 34.3 Å². The number of hydrogen-bond acceptors (Lipinski definition) is 3. The zero-order valence-electron chi connectivity index (χ0n) is 12.6. The lowest BCUT2D eigenvalue weighted by Gasteiger charge is -2.32. The fourth-order valence-electron chi connectivity index (χ4n) is 2.42. The lowest BCUT2D eigenvalue weighted by Crippen LogP contribution is -2.48. The predicted octanol–water partition coefficient (Wildman–Crippen LogP) is 2.72. The SMILES string of the molecule is C[C@@H](N)C(=O)NC1CCN(Cc2ccc(Br)cc2)CC1.Cl.Cl. The molecule has 0 aliphatic carbocycles. The van der Waals surface area contributed by atoms with E-state index in [0.29, 0.717) is 0 Å². The van der Waals surface area contributed by atoms with E-state index in [9.17, 15) is 4.79 Å². The van der Waals surface area contributed by atoms with Gasteiger partial charge in [0.1, 0.15) is 0 Å². The predicted molar refractivity (Wildman–Crippen MR) is 98.7 cm³/mol. The third-order valence-electron chi connectivity index (χ3n) is 3.67. The van der Waals surface area contributed by atoms with Crippen molar-refractivity contribution in [2.45, 2.75) is 38.4 Å². The molecule has 1 aliphatic rings. The smallest absolute Gasteiger partial charge is 0.236 e. The van der Waals surface area contributed by atoms with Gasteiger partial charge in [0.15, 0.2) is 0 Å². The van der Waals surface area contributed by atoms with Crippen molar-refractivity contribution in [1.82, 2.24) is 10.2 Å². The molecule has 0 aromatic heterocycles. The van der Waals surface area contributed by atoms with Crippen LogP contribution in [0.4, 0.5) is 0 Å². The zero-order chi connectivity index (χ0) is 14.5. The van der Waals surface area contributed by atoms with Gasteiger partial charge in [-0.1, -0.05) is 28.1 Å². The van der Waals surface area contributed by atoms with Crippen LogP contribution in [0.3, 0.4) is 0 Å². The average molecular weight is 413 g/mol. The largest absolute Gasteiger partial charge is 0.352 e. The number of piperidine rings is 1. The number of amides is 1. The molecule has 126 valence electrons. The molecule has 1 aromatic carbocycles. The molecule has 1 saturated heterocycles. The van der Waals surface area contributed by atoms with Gasteiger partial charge in [0.25, 0.3) is 0 Å². The maximum atomic E-state index is 11.6. The molecule has 1 amide bonds. The summed E-state index contributed by atoms with van der Waals surface area (Å²) in [6.07, 6.45) is 1.99. The number of likely N-dealkylation sites (tertiary alicyclic amines) is 1. The van der Waals surface area contributed by atoms with Gasteiger partial charge in [-0.3, -0.25) is 9.69 Å². The Morgan fingerprint density at radius 1 is 1.32 bits per heavy atom. The van der Waals surface area contributed by atoms with Crippen LogP contribution in [0.2, 0.25) is 0 Å². The second-order valence-corrected chi connectivity index (χ2v) is 6.39. The number of benzene rings is 1. The lowest BCUT2D eigenvalue weighted by atomic mass is 10.0. The number of carbonyl (C=O) groups is 1. The Bertz CT molecular complexity index is 449. The van der Waals surface area contributed by atoms with Gasteiger partial charge in [0.2, 0.25) is 5.91 Å². The second kappa shape index (κ2) is 10.4. The van der Waals surface area contributed by atoms with Crippen molar-refractivity contribution in [2.24, 2.45) is 5.73 Å². The highest BCUT2D eigenvalue weighted by atomic mass is 79.9. The van der Waals surface area contributed by atoms with Gasteiger partial charge >= 0.3 is 0 Å². The average Bonchev–Trinajstić information content (AvgIpc) is 2.43. The number of hydrogen-bond donors (Lipinski definition) is 2. The van der Waals surface area contributed by atoms with Gasteiger partial charge in [0, 0.05) is 30.1 Å². The summed E-state index contributed by atoms with van der Waals surface area (Å²) in [7, 11) is 0. The zero-order valence-corrected chi connectivity index (χ0v) is 15.8. The molecule has 4 nitrogen and oxygen atoms in total. The van der Waals surface area contributed by atoms with Gasteiger partial charge in [-0.25, -0.2) is 0 Å². The first-order valence-electron chi connectivity index (χ1n) is 7.07. The molecule has 0 unspecified atom stereocenters. The van der Waals surface area contributed by atoms with E-state index in [-0.39, 0.29) is 36.8 Å². The van der Waals surface area contributed by atoms with Crippen LogP contribution >= 0.6 is 40.7 Å². The molecule has 3 N–H and O–H groups in total. The summed E-state index contributed by atoms with van der Waals surface area (Å²) < 4.78 is 1.11. The van der Waals surface area contributed by atoms with Crippen LogP contribution in [0.15, 0.2) is 28.7 Å². The minimum atomic E-state index is -0.421. The van der Waals surface area contributed by atoms with Crippen molar-refractivity contribution in [3.8, 4) is 0 Å². The van der Waals surface area contributed by atoms with Crippen molar-refractivity contribution in [2.75, 3.05) is 13.1 Å². The Kier molecular flexibility index (Phi) is 10.3. The highest BCUT2D eigenvalue weighted by Gasteiger charge is 2.21. The van der Waals surface area contributed by atoms with Gasteiger partial charge in [-0.05, 0) is 37.5 Å². The van der Waals surface area contributed by atoms with E-state index in [1.165, 1.54) is 5.56 Å². The van der Waals surface area contributed by atoms with E-state index in [2.05, 4.69) is 50.4 Å². The summed E-state index contributed by atoms with van der Waals surface area (Å²) >= 11 is 3.45. The van der Waals surface area contributed by atoms with Crippen LogP contribution in [0.25, 0.3) is 0 Å². The number of nitrogens with one attached hydrogen (secondary N) is 1. The number of nitrogens with two attached hydrogens (primary N) is 1. The molecule has 0 radical (unpaired) electrons. The van der Waals surface area contributed by atoms with Crippen molar-refractivity contribution >= 4 is 46.7 Å². The summed E-state index contributed by atoms with van der Waals surface area (Å²) in [5, 5.41) is 3.01. The fraction of sp³-hybridized carbons (Fsp3) is 0.533. The van der Waals surface area contributed by atoms with Crippen LogP contribution in [0.5, 0.6) is 0 Å². The molecule has 22 heavy (non-hydrogen) atoms. The van der Waals surface area contributed by atoms with Gasteiger partial charge in [0.05, 0.1) is 6.04 Å². The first-order valence-corrected chi connectivity index (χ1v) is 7.86. The first kappa shape index (κ1) is 21.7. The number of nitrogens with zero attached hydrogens (tertiary/aromatic N) is 1. The molecule has 1 aliphatic heterocycles. The molecule has 0 saturated carbocycles. The van der Waals surface area contributed by atoms with Crippen LogP contribution in [-0.2, 0) is 11.3 Å². The van der Waals surface area contributed by atoms with E-state index < -0.39 is 6.04 Å². The highest BCUT2D eigenvalue weighted by molar-refractivity contribution is 9.10. The van der Waals surface area contributed by atoms with E-state index in [4.69, 9.17) is 5.73 Å². The maximum Gasteiger partial charge on any atom is 0.236 e. The van der Waals surface area contributed by atoms with E-state index >= 15 is 0 Å². The Hall–Kier alpha value is -0.330. The summed E-state index contributed by atoms with van der Waals surface area (Å²) in [4.78, 5) is 14.0. The van der Waals surface area contributed by atoms with Crippen molar-refractivity contribution in [1.29, 1.82) is 0 Å². The van der Waals surface area contributed by atoms with E-state index in [0.717, 1.165) is 36.9 Å². The molecule has 0 spiro atoms. The van der Waals surface area contributed by atoms with Crippen LogP contribution in [0, 0.1) is 0 Å². The van der Waals surface area contributed by atoms with Gasteiger partial charge in [-0.2, -0.15) is 0 Å². The fourth-order valence-corrected chi connectivity index (χ4v) is 2.68. The molecular formula is C15H24BrCl2N3O. The van der Waals surface area contributed by atoms with Crippen LogP contribution in [-0.4, -0.2) is 36.0 Å². The molecular weight excluding hydrogens is 389 g/mol. The monoisotopic (exact) mass is 411 g/mol. The third-order valence-corrected chi connectivity index (χ3v) is 4.20. The van der Waals surface area contributed by atoms with Gasteiger partial charge < -0.3 is 11.1 Å². The molecule has 7 heteroatoms. The topological polar surface area (TPSA) is 58.4 Å².